The summed E-state index contributed by atoms with van der Waals surface area (Å²) in [5, 5.41) is 0. The molecule has 0 bridgehead atoms. The molecule has 0 N–H and O–H groups in total. The van der Waals surface area contributed by atoms with Crippen molar-refractivity contribution in [2.75, 3.05) is 13.2 Å². The Morgan fingerprint density at radius 3 is 1.65 bits per heavy atom. The van der Waals surface area contributed by atoms with E-state index in [-0.39, 0.29) is 13.2 Å². The zero-order valence-corrected chi connectivity index (χ0v) is 15.3. The zero-order chi connectivity index (χ0) is 17.6. The summed E-state index contributed by atoms with van der Waals surface area (Å²) in [6, 6.07) is 3.90. The van der Waals surface area contributed by atoms with Crippen molar-refractivity contribution < 1.29 is 19.1 Å². The SMILES string of the molecule is CCOC(=O)C(Cl)(C(=O)OCC)c1c(CC)cc(C)cc1CC. The van der Waals surface area contributed by atoms with Crippen molar-refractivity contribution in [2.45, 2.75) is 52.3 Å². The molecule has 0 atom stereocenters. The molecule has 1 aromatic carbocycles. The van der Waals surface area contributed by atoms with E-state index in [0.29, 0.717) is 18.4 Å². The Balaban J connectivity index is 3.66. The fraction of sp³-hybridized carbons (Fsp3) is 0.556. The van der Waals surface area contributed by atoms with Gasteiger partial charge in [-0.25, -0.2) is 9.59 Å². The lowest BCUT2D eigenvalue weighted by molar-refractivity contribution is -0.159. The Bertz CT molecular complexity index is 537. The highest BCUT2D eigenvalue weighted by Crippen LogP contribution is 2.38. The van der Waals surface area contributed by atoms with Crippen LogP contribution in [0.1, 0.15) is 49.9 Å². The largest absolute Gasteiger partial charge is 0.464 e. The van der Waals surface area contributed by atoms with Gasteiger partial charge in [-0.2, -0.15) is 0 Å². The minimum absolute atomic E-state index is 0.140. The molecule has 0 aromatic heterocycles. The Labute approximate surface area is 143 Å². The van der Waals surface area contributed by atoms with Crippen LogP contribution >= 0.6 is 11.6 Å². The van der Waals surface area contributed by atoms with E-state index in [9.17, 15) is 9.59 Å². The first kappa shape index (κ1) is 19.5. The smallest absolute Gasteiger partial charge is 0.343 e. The summed E-state index contributed by atoms with van der Waals surface area (Å²) in [7, 11) is 0. The van der Waals surface area contributed by atoms with Gasteiger partial charge >= 0.3 is 11.9 Å². The molecule has 1 rings (SSSR count). The van der Waals surface area contributed by atoms with Crippen LogP contribution in [0.4, 0.5) is 0 Å². The third-order valence-electron chi connectivity index (χ3n) is 3.67. The summed E-state index contributed by atoms with van der Waals surface area (Å²) in [6.07, 6.45) is 1.30. The van der Waals surface area contributed by atoms with Crippen molar-refractivity contribution in [3.8, 4) is 0 Å². The second-order valence-corrected chi connectivity index (χ2v) is 5.83. The second kappa shape index (κ2) is 8.34. The third kappa shape index (κ3) is 3.86. The highest BCUT2D eigenvalue weighted by Gasteiger charge is 2.51. The number of carbonyl (C=O) groups is 2. The molecule has 0 saturated carbocycles. The lowest BCUT2D eigenvalue weighted by atomic mass is 9.85. The van der Waals surface area contributed by atoms with Crippen LogP contribution in [0.15, 0.2) is 12.1 Å². The molecule has 0 aliphatic rings. The first-order valence-corrected chi connectivity index (χ1v) is 8.40. The number of benzene rings is 1. The minimum atomic E-state index is -1.96. The standard InChI is InChI=1S/C18H25ClO4/c1-6-13-10-12(5)11-14(7-2)15(13)18(19,16(20)22-8-3)17(21)23-9-4/h10-11H,6-9H2,1-5H3. The Morgan fingerprint density at radius 1 is 0.957 bits per heavy atom. The van der Waals surface area contributed by atoms with E-state index in [1.165, 1.54) is 0 Å². The average molecular weight is 341 g/mol. The predicted molar refractivity (Wildman–Crippen MR) is 90.7 cm³/mol. The summed E-state index contributed by atoms with van der Waals surface area (Å²) < 4.78 is 10.2. The fourth-order valence-corrected chi connectivity index (χ4v) is 3.04. The van der Waals surface area contributed by atoms with Crippen molar-refractivity contribution in [1.29, 1.82) is 0 Å². The van der Waals surface area contributed by atoms with E-state index in [2.05, 4.69) is 0 Å². The Kier molecular flexibility index (Phi) is 7.07. The molecule has 0 saturated heterocycles. The number of hydrogen-bond acceptors (Lipinski definition) is 4. The van der Waals surface area contributed by atoms with Crippen LogP contribution < -0.4 is 0 Å². The van der Waals surface area contributed by atoms with Crippen LogP contribution in [0.2, 0.25) is 0 Å². The first-order chi connectivity index (χ1) is 10.9. The molecule has 128 valence electrons. The number of esters is 2. The number of carbonyl (C=O) groups excluding carboxylic acids is 2. The summed E-state index contributed by atoms with van der Waals surface area (Å²) in [6.45, 7) is 9.54. The number of aryl methyl sites for hydroxylation is 3. The quantitative estimate of drug-likeness (QED) is 0.431. The summed E-state index contributed by atoms with van der Waals surface area (Å²) in [5.74, 6) is -1.57. The van der Waals surface area contributed by atoms with Crippen molar-refractivity contribution in [3.63, 3.8) is 0 Å². The fourth-order valence-electron chi connectivity index (χ4n) is 2.69. The van der Waals surface area contributed by atoms with Crippen LogP contribution in [0.3, 0.4) is 0 Å². The van der Waals surface area contributed by atoms with Crippen molar-refractivity contribution in [2.24, 2.45) is 0 Å². The molecule has 0 aliphatic carbocycles. The van der Waals surface area contributed by atoms with Crippen LogP contribution in [-0.2, 0) is 36.8 Å². The van der Waals surface area contributed by atoms with Crippen molar-refractivity contribution in [3.05, 3.63) is 34.4 Å². The zero-order valence-electron chi connectivity index (χ0n) is 14.5. The number of hydrogen-bond donors (Lipinski definition) is 0. The highest BCUT2D eigenvalue weighted by molar-refractivity contribution is 6.44. The maximum absolute atomic E-state index is 12.5. The molecule has 0 amide bonds. The molecule has 0 spiro atoms. The molecule has 5 heteroatoms. The molecule has 23 heavy (non-hydrogen) atoms. The first-order valence-electron chi connectivity index (χ1n) is 8.02. The maximum Gasteiger partial charge on any atom is 0.343 e. The lowest BCUT2D eigenvalue weighted by Gasteiger charge is -2.28. The van der Waals surface area contributed by atoms with Gasteiger partial charge < -0.3 is 9.47 Å². The van der Waals surface area contributed by atoms with E-state index in [1.807, 2.05) is 32.9 Å². The maximum atomic E-state index is 12.5. The molecule has 0 unspecified atom stereocenters. The van der Waals surface area contributed by atoms with Crippen molar-refractivity contribution >= 4 is 23.5 Å². The van der Waals surface area contributed by atoms with E-state index in [0.717, 1.165) is 16.7 Å². The average Bonchev–Trinajstić information content (AvgIpc) is 2.53. The summed E-state index contributed by atoms with van der Waals surface area (Å²) in [4.78, 5) is 23.1. The van der Waals surface area contributed by atoms with Gasteiger partial charge in [-0.3, -0.25) is 0 Å². The van der Waals surface area contributed by atoms with Gasteiger partial charge in [-0.15, -0.1) is 0 Å². The molecule has 0 fully saturated rings. The highest BCUT2D eigenvalue weighted by atomic mass is 35.5. The van der Waals surface area contributed by atoms with Gasteiger partial charge in [0.15, 0.2) is 0 Å². The van der Waals surface area contributed by atoms with Gasteiger partial charge in [-0.1, -0.05) is 43.1 Å². The Hall–Kier alpha value is -1.55. The number of alkyl halides is 1. The van der Waals surface area contributed by atoms with Gasteiger partial charge in [0.25, 0.3) is 4.87 Å². The molecule has 0 radical (unpaired) electrons. The van der Waals surface area contributed by atoms with E-state index in [1.54, 1.807) is 13.8 Å². The minimum Gasteiger partial charge on any atom is -0.464 e. The molecular weight excluding hydrogens is 316 g/mol. The molecule has 1 aromatic rings. The Morgan fingerprint density at radius 2 is 1.35 bits per heavy atom. The van der Waals surface area contributed by atoms with E-state index >= 15 is 0 Å². The topological polar surface area (TPSA) is 52.6 Å². The lowest BCUT2D eigenvalue weighted by Crippen LogP contribution is -2.43. The monoisotopic (exact) mass is 340 g/mol. The molecule has 4 nitrogen and oxygen atoms in total. The van der Waals surface area contributed by atoms with Gasteiger partial charge in [0.05, 0.1) is 13.2 Å². The number of rotatable bonds is 7. The molecule has 0 aliphatic heterocycles. The van der Waals surface area contributed by atoms with Gasteiger partial charge in [-0.05, 0) is 44.7 Å². The van der Waals surface area contributed by atoms with Crippen LogP contribution in [-0.4, -0.2) is 25.2 Å². The summed E-state index contributed by atoms with van der Waals surface area (Å²) >= 11 is 6.59. The van der Waals surface area contributed by atoms with Gasteiger partial charge in [0.1, 0.15) is 0 Å². The van der Waals surface area contributed by atoms with E-state index in [4.69, 9.17) is 21.1 Å². The van der Waals surface area contributed by atoms with Gasteiger partial charge in [0, 0.05) is 5.56 Å². The normalized spacial score (nSPS) is 11.2. The number of halogens is 1. The number of ether oxygens (including phenoxy) is 2. The third-order valence-corrected chi connectivity index (χ3v) is 4.16. The van der Waals surface area contributed by atoms with E-state index < -0.39 is 16.8 Å². The van der Waals surface area contributed by atoms with Crippen LogP contribution in [0, 0.1) is 6.92 Å². The predicted octanol–water partition coefficient (Wildman–Crippen LogP) is 3.68. The summed E-state index contributed by atoms with van der Waals surface area (Å²) in [5.41, 5.74) is 3.29. The molecule has 0 heterocycles. The van der Waals surface area contributed by atoms with Gasteiger partial charge in [0.2, 0.25) is 0 Å². The van der Waals surface area contributed by atoms with Crippen LogP contribution in [0.5, 0.6) is 0 Å². The van der Waals surface area contributed by atoms with Crippen LogP contribution in [0.25, 0.3) is 0 Å². The second-order valence-electron chi connectivity index (χ2n) is 5.26. The molecular formula is C18H25ClO4. The van der Waals surface area contributed by atoms with Crippen molar-refractivity contribution in [1.82, 2.24) is 0 Å².